The minimum atomic E-state index is -0.826. The largest absolute Gasteiger partial charge is 0.378 e. The first-order valence-corrected chi connectivity index (χ1v) is 8.49. The Hall–Kier alpha value is -1.34. The van der Waals surface area contributed by atoms with Gasteiger partial charge in [0.05, 0.1) is 0 Å². The van der Waals surface area contributed by atoms with Gasteiger partial charge in [-0.3, -0.25) is 0 Å². The Morgan fingerprint density at radius 2 is 1.59 bits per heavy atom. The molecule has 0 aromatic heterocycles. The standard InChI is InChI=1S/C19H16Br2O/c20-19(21,15-17-12-5-2-6-13-17)18(22)14-8-7-11-16-9-3-1-4-10-16/h1-7,9-13,18,22H,15H2/b11-7+. The summed E-state index contributed by atoms with van der Waals surface area (Å²) >= 11 is 7.04. The molecule has 1 nitrogen and oxygen atoms in total. The van der Waals surface area contributed by atoms with Crippen molar-refractivity contribution in [1.82, 2.24) is 0 Å². The van der Waals surface area contributed by atoms with Crippen LogP contribution in [-0.4, -0.2) is 14.4 Å². The smallest absolute Gasteiger partial charge is 0.140 e. The van der Waals surface area contributed by atoms with Crippen molar-refractivity contribution in [2.75, 3.05) is 0 Å². The van der Waals surface area contributed by atoms with Crippen LogP contribution in [0.25, 0.3) is 6.08 Å². The Balaban J connectivity index is 1.97. The molecule has 0 aliphatic carbocycles. The van der Waals surface area contributed by atoms with Crippen LogP contribution < -0.4 is 0 Å². The molecule has 0 amide bonds. The maximum Gasteiger partial charge on any atom is 0.140 e. The third kappa shape index (κ3) is 5.46. The molecule has 0 bridgehead atoms. The van der Waals surface area contributed by atoms with E-state index in [1.165, 1.54) is 0 Å². The first-order chi connectivity index (χ1) is 10.6. The van der Waals surface area contributed by atoms with Crippen LogP contribution in [0.4, 0.5) is 0 Å². The average Bonchev–Trinajstić information content (AvgIpc) is 2.53. The molecule has 0 fully saturated rings. The molecule has 0 spiro atoms. The first kappa shape index (κ1) is 17.0. The van der Waals surface area contributed by atoms with Gasteiger partial charge < -0.3 is 5.11 Å². The van der Waals surface area contributed by atoms with Gasteiger partial charge in [-0.05, 0) is 23.3 Å². The van der Waals surface area contributed by atoms with Crippen LogP contribution in [0.1, 0.15) is 11.1 Å². The maximum absolute atomic E-state index is 10.2. The van der Waals surface area contributed by atoms with Crippen molar-refractivity contribution >= 4 is 37.9 Å². The lowest BCUT2D eigenvalue weighted by atomic mass is 10.1. The number of allylic oxidation sites excluding steroid dienone is 1. The van der Waals surface area contributed by atoms with E-state index in [1.807, 2.05) is 66.7 Å². The van der Waals surface area contributed by atoms with Crippen LogP contribution in [0.5, 0.6) is 0 Å². The van der Waals surface area contributed by atoms with Gasteiger partial charge >= 0.3 is 0 Å². The van der Waals surface area contributed by atoms with Crippen molar-refractivity contribution < 1.29 is 5.11 Å². The lowest BCUT2D eigenvalue weighted by Crippen LogP contribution is -2.31. The van der Waals surface area contributed by atoms with E-state index in [0.29, 0.717) is 6.42 Å². The Morgan fingerprint density at radius 3 is 2.23 bits per heavy atom. The SMILES string of the molecule is OC(C#C/C=C/c1ccccc1)C(Br)(Br)Cc1ccccc1. The number of aliphatic hydroxyl groups excluding tert-OH is 1. The lowest BCUT2D eigenvalue weighted by Gasteiger charge is -2.22. The van der Waals surface area contributed by atoms with Crippen LogP contribution >= 0.6 is 31.9 Å². The zero-order valence-electron chi connectivity index (χ0n) is 11.9. The summed E-state index contributed by atoms with van der Waals surface area (Å²) in [5, 5.41) is 10.2. The average molecular weight is 420 g/mol. The van der Waals surface area contributed by atoms with Crippen LogP contribution in [-0.2, 0) is 6.42 Å². The van der Waals surface area contributed by atoms with Crippen molar-refractivity contribution in [1.29, 1.82) is 0 Å². The summed E-state index contributed by atoms with van der Waals surface area (Å²) in [6.45, 7) is 0. The van der Waals surface area contributed by atoms with E-state index in [4.69, 9.17) is 0 Å². The molecule has 0 saturated carbocycles. The highest BCUT2D eigenvalue weighted by atomic mass is 79.9. The van der Waals surface area contributed by atoms with Gasteiger partial charge in [-0.15, -0.1) is 0 Å². The topological polar surface area (TPSA) is 20.2 Å². The van der Waals surface area contributed by atoms with E-state index in [-0.39, 0.29) is 0 Å². The number of benzene rings is 2. The van der Waals surface area contributed by atoms with Crippen molar-refractivity contribution in [2.24, 2.45) is 0 Å². The number of aliphatic hydroxyl groups is 1. The highest BCUT2D eigenvalue weighted by molar-refractivity contribution is 9.25. The molecule has 112 valence electrons. The van der Waals surface area contributed by atoms with Gasteiger partial charge in [-0.25, -0.2) is 0 Å². The van der Waals surface area contributed by atoms with Gasteiger partial charge in [0.15, 0.2) is 0 Å². The van der Waals surface area contributed by atoms with Crippen molar-refractivity contribution in [2.45, 2.75) is 15.8 Å². The van der Waals surface area contributed by atoms with Gasteiger partial charge in [0.25, 0.3) is 0 Å². The van der Waals surface area contributed by atoms with Crippen LogP contribution in [0, 0.1) is 11.8 Å². The molecular formula is C19H16Br2O. The molecular weight excluding hydrogens is 404 g/mol. The van der Waals surface area contributed by atoms with Crippen molar-refractivity contribution in [3.8, 4) is 11.8 Å². The Bertz CT molecular complexity index is 667. The molecule has 1 N–H and O–H groups in total. The van der Waals surface area contributed by atoms with Gasteiger partial charge in [-0.1, -0.05) is 104 Å². The van der Waals surface area contributed by atoms with E-state index in [1.54, 1.807) is 6.08 Å². The highest BCUT2D eigenvalue weighted by Crippen LogP contribution is 2.34. The van der Waals surface area contributed by atoms with Gasteiger partial charge in [0.2, 0.25) is 0 Å². The molecule has 0 aliphatic rings. The van der Waals surface area contributed by atoms with Crippen LogP contribution in [0.2, 0.25) is 0 Å². The molecule has 0 radical (unpaired) electrons. The van der Waals surface area contributed by atoms with E-state index >= 15 is 0 Å². The maximum atomic E-state index is 10.2. The summed E-state index contributed by atoms with van der Waals surface area (Å²) in [6.07, 6.45) is 3.47. The number of alkyl halides is 2. The summed E-state index contributed by atoms with van der Waals surface area (Å²) in [5.41, 5.74) is 2.21. The second kappa shape index (κ2) is 8.33. The quantitative estimate of drug-likeness (QED) is 0.557. The van der Waals surface area contributed by atoms with E-state index in [9.17, 15) is 5.11 Å². The lowest BCUT2D eigenvalue weighted by molar-refractivity contribution is 0.222. The number of hydrogen-bond donors (Lipinski definition) is 1. The number of rotatable bonds is 4. The van der Waals surface area contributed by atoms with E-state index in [0.717, 1.165) is 11.1 Å². The van der Waals surface area contributed by atoms with Gasteiger partial charge in [0, 0.05) is 6.42 Å². The molecule has 0 heterocycles. The summed E-state index contributed by atoms with van der Waals surface area (Å²) in [7, 11) is 0. The minimum Gasteiger partial charge on any atom is -0.378 e. The monoisotopic (exact) mass is 418 g/mol. The fourth-order valence-corrected chi connectivity index (χ4v) is 2.78. The molecule has 2 aromatic rings. The minimum absolute atomic E-state index is 0.631. The third-order valence-corrected chi connectivity index (χ3v) is 4.49. The second-order valence-corrected chi connectivity index (χ2v) is 8.75. The zero-order valence-corrected chi connectivity index (χ0v) is 15.1. The summed E-state index contributed by atoms with van der Waals surface area (Å²) in [6, 6.07) is 19.9. The predicted molar refractivity (Wildman–Crippen MR) is 100.0 cm³/mol. The van der Waals surface area contributed by atoms with Crippen molar-refractivity contribution in [3.63, 3.8) is 0 Å². The normalized spacial score (nSPS) is 12.7. The Labute approximate surface area is 148 Å². The molecule has 0 aliphatic heterocycles. The molecule has 2 rings (SSSR count). The predicted octanol–water partition coefficient (Wildman–Crippen LogP) is 4.79. The summed E-state index contributed by atoms with van der Waals surface area (Å²) in [5.74, 6) is 5.72. The fourth-order valence-electron chi connectivity index (χ4n) is 1.90. The Kier molecular flexibility index (Phi) is 6.45. The van der Waals surface area contributed by atoms with E-state index in [2.05, 4.69) is 43.7 Å². The van der Waals surface area contributed by atoms with Crippen LogP contribution in [0.3, 0.4) is 0 Å². The highest BCUT2D eigenvalue weighted by Gasteiger charge is 2.31. The Morgan fingerprint density at radius 1 is 1.00 bits per heavy atom. The van der Waals surface area contributed by atoms with Crippen molar-refractivity contribution in [3.05, 3.63) is 77.9 Å². The number of halogens is 2. The molecule has 0 saturated heterocycles. The molecule has 1 atom stereocenters. The molecule has 3 heteroatoms. The van der Waals surface area contributed by atoms with E-state index < -0.39 is 9.34 Å². The molecule has 22 heavy (non-hydrogen) atoms. The third-order valence-electron chi connectivity index (χ3n) is 3.06. The second-order valence-electron chi connectivity index (χ2n) is 4.86. The van der Waals surface area contributed by atoms with Gasteiger partial charge in [-0.2, -0.15) is 0 Å². The fraction of sp³-hybridized carbons (Fsp3) is 0.158. The number of hydrogen-bond acceptors (Lipinski definition) is 1. The van der Waals surface area contributed by atoms with Crippen LogP contribution in [0.15, 0.2) is 66.7 Å². The molecule has 1 unspecified atom stereocenters. The zero-order chi connectivity index (χ0) is 15.8. The summed E-state index contributed by atoms with van der Waals surface area (Å²) < 4.78 is -0.658. The first-order valence-electron chi connectivity index (χ1n) is 6.90. The van der Waals surface area contributed by atoms with Gasteiger partial charge in [0.1, 0.15) is 9.34 Å². The summed E-state index contributed by atoms with van der Waals surface area (Å²) in [4.78, 5) is 0. The molecule has 2 aromatic carbocycles.